The maximum Gasteiger partial charge on any atom is 0.117 e. The van der Waals surface area contributed by atoms with Gasteiger partial charge in [-0.25, -0.2) is 4.68 Å². The van der Waals surface area contributed by atoms with E-state index in [0.717, 1.165) is 22.3 Å². The predicted octanol–water partition coefficient (Wildman–Crippen LogP) is 2.43. The Hall–Kier alpha value is -2.23. The van der Waals surface area contributed by atoms with Crippen LogP contribution in [-0.2, 0) is 0 Å². The molecule has 0 aliphatic rings. The molecule has 17 heavy (non-hydrogen) atoms. The van der Waals surface area contributed by atoms with Gasteiger partial charge in [0.25, 0.3) is 0 Å². The zero-order valence-electron chi connectivity index (χ0n) is 9.75. The molecule has 0 N–H and O–H groups in total. The normalized spacial score (nSPS) is 10.9. The molecule has 0 unspecified atom stereocenters. The average Bonchev–Trinajstić information content (AvgIpc) is 2.75. The monoisotopic (exact) mass is 224 g/mol. The summed E-state index contributed by atoms with van der Waals surface area (Å²) in [4.78, 5) is 0. The van der Waals surface area contributed by atoms with Crippen LogP contribution in [0, 0.1) is 13.8 Å². The molecular weight excluding hydrogens is 212 g/mol. The molecule has 4 nitrogen and oxygen atoms in total. The summed E-state index contributed by atoms with van der Waals surface area (Å²) in [6.07, 6.45) is 3.71. The Morgan fingerprint density at radius 2 is 1.82 bits per heavy atom. The molecule has 0 saturated heterocycles. The van der Waals surface area contributed by atoms with Gasteiger partial charge >= 0.3 is 0 Å². The molecule has 2 heterocycles. The molecule has 0 bridgehead atoms. The molecule has 0 atom stereocenters. The van der Waals surface area contributed by atoms with Gasteiger partial charge in [0, 0.05) is 11.6 Å². The highest BCUT2D eigenvalue weighted by molar-refractivity contribution is 5.79. The van der Waals surface area contributed by atoms with Crippen molar-refractivity contribution in [3.05, 3.63) is 47.9 Å². The van der Waals surface area contributed by atoms with Gasteiger partial charge in [0.2, 0.25) is 0 Å². The molecule has 0 fully saturated rings. The van der Waals surface area contributed by atoms with E-state index in [2.05, 4.69) is 46.5 Å². The SMILES string of the molecule is Cc1ccc(-n2cc3cnnc(C)c3n2)cc1. The van der Waals surface area contributed by atoms with Gasteiger partial charge in [-0.1, -0.05) is 17.7 Å². The van der Waals surface area contributed by atoms with E-state index in [4.69, 9.17) is 0 Å². The zero-order valence-corrected chi connectivity index (χ0v) is 9.75. The van der Waals surface area contributed by atoms with E-state index in [9.17, 15) is 0 Å². The van der Waals surface area contributed by atoms with Crippen LogP contribution in [0.15, 0.2) is 36.7 Å². The first-order chi connectivity index (χ1) is 8.24. The first kappa shape index (κ1) is 9.96. The van der Waals surface area contributed by atoms with Gasteiger partial charge in [0.15, 0.2) is 0 Å². The number of hydrogen-bond acceptors (Lipinski definition) is 3. The molecule has 0 spiro atoms. The van der Waals surface area contributed by atoms with E-state index in [1.165, 1.54) is 5.56 Å². The van der Waals surface area contributed by atoms with Crippen LogP contribution >= 0.6 is 0 Å². The summed E-state index contributed by atoms with van der Waals surface area (Å²) >= 11 is 0. The van der Waals surface area contributed by atoms with E-state index in [1.54, 1.807) is 6.20 Å². The van der Waals surface area contributed by atoms with Crippen LogP contribution in [-0.4, -0.2) is 20.0 Å². The Bertz CT molecular complexity index is 667. The highest BCUT2D eigenvalue weighted by Gasteiger charge is 2.05. The number of hydrogen-bond donors (Lipinski definition) is 0. The number of aryl methyl sites for hydroxylation is 2. The Morgan fingerprint density at radius 1 is 1.06 bits per heavy atom. The second-order valence-electron chi connectivity index (χ2n) is 4.14. The van der Waals surface area contributed by atoms with Crippen molar-refractivity contribution in [1.29, 1.82) is 0 Å². The molecule has 0 radical (unpaired) electrons. The van der Waals surface area contributed by atoms with Gasteiger partial charge in [-0.05, 0) is 26.0 Å². The third-order valence-corrected chi connectivity index (χ3v) is 2.79. The molecular formula is C13H12N4. The topological polar surface area (TPSA) is 43.6 Å². The number of nitrogens with zero attached hydrogens (tertiary/aromatic N) is 4. The van der Waals surface area contributed by atoms with Crippen molar-refractivity contribution in [2.24, 2.45) is 0 Å². The third-order valence-electron chi connectivity index (χ3n) is 2.79. The summed E-state index contributed by atoms with van der Waals surface area (Å²) in [5, 5.41) is 13.5. The van der Waals surface area contributed by atoms with E-state index < -0.39 is 0 Å². The van der Waals surface area contributed by atoms with E-state index in [-0.39, 0.29) is 0 Å². The van der Waals surface area contributed by atoms with Gasteiger partial charge in [0.1, 0.15) is 5.52 Å². The predicted molar refractivity (Wildman–Crippen MR) is 66.1 cm³/mol. The lowest BCUT2D eigenvalue weighted by Crippen LogP contribution is -1.94. The molecule has 3 aromatic rings. The second kappa shape index (κ2) is 3.66. The second-order valence-corrected chi connectivity index (χ2v) is 4.14. The lowest BCUT2D eigenvalue weighted by atomic mass is 10.2. The first-order valence-corrected chi connectivity index (χ1v) is 5.49. The Balaban J connectivity index is 2.18. The number of fused-ring (bicyclic) bond motifs is 1. The van der Waals surface area contributed by atoms with Crippen LogP contribution in [0.3, 0.4) is 0 Å². The molecule has 84 valence electrons. The first-order valence-electron chi connectivity index (χ1n) is 5.49. The van der Waals surface area contributed by atoms with E-state index in [1.807, 2.05) is 17.8 Å². The molecule has 4 heteroatoms. The van der Waals surface area contributed by atoms with Crippen molar-refractivity contribution < 1.29 is 0 Å². The van der Waals surface area contributed by atoms with Gasteiger partial charge in [-0.2, -0.15) is 15.3 Å². The molecule has 0 aliphatic heterocycles. The molecule has 1 aromatic carbocycles. The van der Waals surface area contributed by atoms with Gasteiger partial charge in [0.05, 0.1) is 17.6 Å². The van der Waals surface area contributed by atoms with Crippen molar-refractivity contribution in [3.8, 4) is 5.69 Å². The van der Waals surface area contributed by atoms with Crippen molar-refractivity contribution in [2.45, 2.75) is 13.8 Å². The van der Waals surface area contributed by atoms with Gasteiger partial charge < -0.3 is 0 Å². The summed E-state index contributed by atoms with van der Waals surface area (Å²) in [5.74, 6) is 0. The van der Waals surface area contributed by atoms with Crippen molar-refractivity contribution >= 4 is 10.9 Å². The highest BCUT2D eigenvalue weighted by atomic mass is 15.3. The van der Waals surface area contributed by atoms with Crippen LogP contribution in [0.5, 0.6) is 0 Å². The van der Waals surface area contributed by atoms with Crippen LogP contribution < -0.4 is 0 Å². The molecule has 3 rings (SSSR count). The van der Waals surface area contributed by atoms with Crippen LogP contribution in [0.25, 0.3) is 16.6 Å². The largest absolute Gasteiger partial charge is 0.240 e. The third kappa shape index (κ3) is 1.67. The number of benzene rings is 1. The van der Waals surface area contributed by atoms with E-state index >= 15 is 0 Å². The minimum absolute atomic E-state index is 0.855. The fourth-order valence-corrected chi connectivity index (χ4v) is 1.82. The molecule has 2 aromatic heterocycles. The Labute approximate surface area is 98.9 Å². The smallest absolute Gasteiger partial charge is 0.117 e. The van der Waals surface area contributed by atoms with Crippen molar-refractivity contribution in [2.75, 3.05) is 0 Å². The zero-order chi connectivity index (χ0) is 11.8. The minimum atomic E-state index is 0.855. The van der Waals surface area contributed by atoms with Crippen LogP contribution in [0.1, 0.15) is 11.3 Å². The number of aromatic nitrogens is 4. The summed E-state index contributed by atoms with van der Waals surface area (Å²) in [5.41, 5.74) is 4.05. The van der Waals surface area contributed by atoms with Crippen molar-refractivity contribution in [3.63, 3.8) is 0 Å². The summed E-state index contributed by atoms with van der Waals surface area (Å²) in [7, 11) is 0. The van der Waals surface area contributed by atoms with Crippen LogP contribution in [0.4, 0.5) is 0 Å². The number of rotatable bonds is 1. The maximum absolute atomic E-state index is 4.53. The average molecular weight is 224 g/mol. The quantitative estimate of drug-likeness (QED) is 0.637. The lowest BCUT2D eigenvalue weighted by Gasteiger charge is -2.00. The standard InChI is InChI=1S/C13H12N4/c1-9-3-5-12(6-4-9)17-8-11-7-14-15-10(2)13(11)16-17/h3-8H,1-2H3. The van der Waals surface area contributed by atoms with E-state index in [0.29, 0.717) is 0 Å². The van der Waals surface area contributed by atoms with Gasteiger partial charge in [-0.15, -0.1) is 0 Å². The Morgan fingerprint density at radius 3 is 2.53 bits per heavy atom. The highest BCUT2D eigenvalue weighted by Crippen LogP contribution is 2.16. The molecule has 0 amide bonds. The Kier molecular flexibility index (Phi) is 2.14. The summed E-state index contributed by atoms with van der Waals surface area (Å²) in [6.45, 7) is 3.99. The fourth-order valence-electron chi connectivity index (χ4n) is 1.82. The lowest BCUT2D eigenvalue weighted by molar-refractivity contribution is 0.890. The van der Waals surface area contributed by atoms with Gasteiger partial charge in [-0.3, -0.25) is 0 Å². The fraction of sp³-hybridized carbons (Fsp3) is 0.154. The summed E-state index contributed by atoms with van der Waals surface area (Å²) in [6, 6.07) is 8.25. The molecule has 0 aliphatic carbocycles. The minimum Gasteiger partial charge on any atom is -0.240 e. The van der Waals surface area contributed by atoms with Crippen LogP contribution in [0.2, 0.25) is 0 Å². The maximum atomic E-state index is 4.53. The van der Waals surface area contributed by atoms with Crippen molar-refractivity contribution in [1.82, 2.24) is 20.0 Å². The summed E-state index contributed by atoms with van der Waals surface area (Å²) < 4.78 is 1.86. The molecule has 0 saturated carbocycles.